The number of rotatable bonds is 4. The van der Waals surface area contributed by atoms with Crippen molar-refractivity contribution in [2.24, 2.45) is 0 Å². The maximum atomic E-state index is 12.5. The van der Waals surface area contributed by atoms with Gasteiger partial charge in [0.2, 0.25) is 0 Å². The number of carbonyl (C=O) groups excluding carboxylic acids is 1. The van der Waals surface area contributed by atoms with E-state index < -0.39 is 17.5 Å². The molecule has 0 unspecified atom stereocenters. The fraction of sp³-hybridized carbons (Fsp3) is 0.154. The van der Waals surface area contributed by atoms with Crippen molar-refractivity contribution in [1.29, 1.82) is 0 Å². The Morgan fingerprint density at radius 2 is 1.82 bits per heavy atom. The third-order valence-corrected chi connectivity index (χ3v) is 2.09. The summed E-state index contributed by atoms with van der Waals surface area (Å²) < 4.78 is 37.5. The van der Waals surface area contributed by atoms with Gasteiger partial charge in [0.15, 0.2) is 5.78 Å². The molecule has 0 heterocycles. The Labute approximate surface area is 97.3 Å². The summed E-state index contributed by atoms with van der Waals surface area (Å²) in [4.78, 5) is 11.6. The molecule has 0 radical (unpaired) electrons. The molecule has 1 nitrogen and oxygen atoms in total. The highest BCUT2D eigenvalue weighted by molar-refractivity contribution is 6.05. The maximum absolute atomic E-state index is 12.5. The average molecular weight is 240 g/mol. The molecule has 1 aromatic rings. The SMILES string of the molecule is C=CC/C(=C/C(=O)c1ccccc1)C(F)(F)F. The summed E-state index contributed by atoms with van der Waals surface area (Å²) in [7, 11) is 0. The van der Waals surface area contributed by atoms with Gasteiger partial charge in [0.1, 0.15) is 0 Å². The van der Waals surface area contributed by atoms with E-state index in [1.807, 2.05) is 0 Å². The van der Waals surface area contributed by atoms with Crippen molar-refractivity contribution in [2.45, 2.75) is 12.6 Å². The van der Waals surface area contributed by atoms with Gasteiger partial charge >= 0.3 is 6.18 Å². The van der Waals surface area contributed by atoms with Crippen molar-refractivity contribution in [3.63, 3.8) is 0 Å². The highest BCUT2D eigenvalue weighted by Gasteiger charge is 2.33. The Kier molecular flexibility index (Phi) is 4.26. The normalized spacial score (nSPS) is 12.3. The number of benzene rings is 1. The molecule has 1 rings (SSSR count). The molecular weight excluding hydrogens is 229 g/mol. The van der Waals surface area contributed by atoms with E-state index >= 15 is 0 Å². The predicted octanol–water partition coefficient (Wildman–Crippen LogP) is 3.93. The second-order valence-electron chi connectivity index (χ2n) is 3.39. The van der Waals surface area contributed by atoms with Crippen LogP contribution in [0, 0.1) is 0 Å². The highest BCUT2D eigenvalue weighted by Crippen LogP contribution is 2.28. The first-order chi connectivity index (χ1) is 7.95. The van der Waals surface area contributed by atoms with E-state index in [9.17, 15) is 18.0 Å². The number of ketones is 1. The zero-order valence-electron chi connectivity index (χ0n) is 9.00. The average Bonchev–Trinajstić information content (AvgIpc) is 2.28. The van der Waals surface area contributed by atoms with Crippen LogP contribution in [0.4, 0.5) is 13.2 Å². The van der Waals surface area contributed by atoms with E-state index in [1.165, 1.54) is 12.1 Å². The van der Waals surface area contributed by atoms with Gasteiger partial charge in [-0.25, -0.2) is 0 Å². The highest BCUT2D eigenvalue weighted by atomic mass is 19.4. The first kappa shape index (κ1) is 13.2. The van der Waals surface area contributed by atoms with Gasteiger partial charge in [-0.05, 0) is 12.5 Å². The second-order valence-corrected chi connectivity index (χ2v) is 3.39. The maximum Gasteiger partial charge on any atom is 0.413 e. The minimum Gasteiger partial charge on any atom is -0.289 e. The van der Waals surface area contributed by atoms with Crippen LogP contribution in [0.3, 0.4) is 0 Å². The van der Waals surface area contributed by atoms with Gasteiger partial charge in [-0.3, -0.25) is 4.79 Å². The van der Waals surface area contributed by atoms with Crippen LogP contribution in [0.5, 0.6) is 0 Å². The Morgan fingerprint density at radius 3 is 2.29 bits per heavy atom. The molecular formula is C13H11F3O. The number of hydrogen-bond acceptors (Lipinski definition) is 1. The van der Waals surface area contributed by atoms with Gasteiger partial charge in [0.25, 0.3) is 0 Å². The summed E-state index contributed by atoms with van der Waals surface area (Å²) in [5.74, 6) is -0.653. The first-order valence-corrected chi connectivity index (χ1v) is 4.93. The third-order valence-electron chi connectivity index (χ3n) is 2.09. The van der Waals surface area contributed by atoms with Gasteiger partial charge < -0.3 is 0 Å². The second kappa shape index (κ2) is 5.48. The summed E-state index contributed by atoms with van der Waals surface area (Å²) in [5, 5.41) is 0. The number of carbonyl (C=O) groups is 1. The number of halogens is 3. The fourth-order valence-electron chi connectivity index (χ4n) is 1.26. The van der Waals surface area contributed by atoms with Crippen molar-refractivity contribution < 1.29 is 18.0 Å². The summed E-state index contributed by atoms with van der Waals surface area (Å²) in [6.07, 6.45) is -3.13. The van der Waals surface area contributed by atoms with Crippen molar-refractivity contribution in [3.05, 3.63) is 60.2 Å². The van der Waals surface area contributed by atoms with Crippen LogP contribution >= 0.6 is 0 Å². The topological polar surface area (TPSA) is 17.1 Å². The lowest BCUT2D eigenvalue weighted by Crippen LogP contribution is -2.13. The van der Waals surface area contributed by atoms with Crippen LogP contribution in [-0.4, -0.2) is 12.0 Å². The Hall–Kier alpha value is -1.84. The quantitative estimate of drug-likeness (QED) is 0.442. The van der Waals surface area contributed by atoms with Crippen LogP contribution < -0.4 is 0 Å². The zero-order valence-corrected chi connectivity index (χ0v) is 9.00. The summed E-state index contributed by atoms with van der Waals surface area (Å²) in [6, 6.07) is 7.83. The molecule has 0 atom stereocenters. The van der Waals surface area contributed by atoms with Gasteiger partial charge in [-0.15, -0.1) is 6.58 Å². The molecule has 0 aliphatic heterocycles. The minimum atomic E-state index is -4.50. The van der Waals surface area contributed by atoms with Crippen molar-refractivity contribution in [1.82, 2.24) is 0 Å². The standard InChI is InChI=1S/C13H11F3O/c1-2-6-11(13(14,15)16)9-12(17)10-7-4-3-5-8-10/h2-5,7-9H,1,6H2/b11-9-. The van der Waals surface area contributed by atoms with Crippen molar-refractivity contribution in [3.8, 4) is 0 Å². The lowest BCUT2D eigenvalue weighted by atomic mass is 10.1. The predicted molar refractivity (Wildman–Crippen MR) is 59.7 cm³/mol. The molecule has 17 heavy (non-hydrogen) atoms. The van der Waals surface area contributed by atoms with Gasteiger partial charge in [-0.2, -0.15) is 13.2 Å². The van der Waals surface area contributed by atoms with Crippen molar-refractivity contribution in [2.75, 3.05) is 0 Å². The summed E-state index contributed by atoms with van der Waals surface area (Å²) in [5.41, 5.74) is -0.653. The summed E-state index contributed by atoms with van der Waals surface area (Å²) in [6.45, 7) is 3.24. The van der Waals surface area contributed by atoms with Crippen LogP contribution in [0.25, 0.3) is 0 Å². The van der Waals surface area contributed by atoms with Crippen LogP contribution in [0.1, 0.15) is 16.8 Å². The molecule has 1 aromatic carbocycles. The van der Waals surface area contributed by atoms with Gasteiger partial charge in [0, 0.05) is 11.1 Å². The first-order valence-electron chi connectivity index (χ1n) is 4.93. The van der Waals surface area contributed by atoms with E-state index in [1.54, 1.807) is 18.2 Å². The van der Waals surface area contributed by atoms with Gasteiger partial charge in [0.05, 0.1) is 0 Å². The van der Waals surface area contributed by atoms with E-state index in [2.05, 4.69) is 6.58 Å². The number of hydrogen-bond donors (Lipinski definition) is 0. The Morgan fingerprint density at radius 1 is 1.24 bits per heavy atom. The molecule has 0 N–H and O–H groups in total. The number of allylic oxidation sites excluding steroid dienone is 3. The minimum absolute atomic E-state index is 0.235. The van der Waals surface area contributed by atoms with Crippen LogP contribution in [0.2, 0.25) is 0 Å². The molecule has 90 valence electrons. The van der Waals surface area contributed by atoms with Crippen LogP contribution in [-0.2, 0) is 0 Å². The van der Waals surface area contributed by atoms with Crippen molar-refractivity contribution >= 4 is 5.78 Å². The molecule has 0 amide bonds. The van der Waals surface area contributed by atoms with E-state index in [0.717, 1.165) is 6.08 Å². The molecule has 0 saturated heterocycles. The van der Waals surface area contributed by atoms with E-state index in [-0.39, 0.29) is 12.0 Å². The molecule has 0 fully saturated rings. The fourth-order valence-corrected chi connectivity index (χ4v) is 1.26. The molecule has 0 saturated carbocycles. The van der Waals surface area contributed by atoms with E-state index in [0.29, 0.717) is 6.08 Å². The lowest BCUT2D eigenvalue weighted by Gasteiger charge is -2.09. The monoisotopic (exact) mass is 240 g/mol. The Bertz CT molecular complexity index is 430. The molecule has 0 bridgehead atoms. The van der Waals surface area contributed by atoms with Crippen LogP contribution in [0.15, 0.2) is 54.6 Å². The zero-order chi connectivity index (χ0) is 12.9. The summed E-state index contributed by atoms with van der Waals surface area (Å²) >= 11 is 0. The number of alkyl halides is 3. The molecule has 0 aromatic heterocycles. The molecule has 0 aliphatic carbocycles. The molecule has 4 heteroatoms. The smallest absolute Gasteiger partial charge is 0.289 e. The third kappa shape index (κ3) is 3.90. The molecule has 0 spiro atoms. The largest absolute Gasteiger partial charge is 0.413 e. The van der Waals surface area contributed by atoms with Gasteiger partial charge in [-0.1, -0.05) is 36.4 Å². The molecule has 0 aliphatic rings. The van der Waals surface area contributed by atoms with E-state index in [4.69, 9.17) is 0 Å². The Balaban J connectivity index is 2.99. The lowest BCUT2D eigenvalue weighted by molar-refractivity contribution is -0.0929.